The molecule has 0 spiro atoms. The number of carbonyl (C=O) groups is 2. The van der Waals surface area contributed by atoms with E-state index in [1.807, 2.05) is 0 Å². The van der Waals surface area contributed by atoms with Gasteiger partial charge >= 0.3 is 0 Å². The SMILES string of the molecule is COc1ccc(OC)c(NC(=O)c2c(NC(=O)c3ccccc3F)sc3c2CC[C@@H](C(C)(C)C)C3)c1. The van der Waals surface area contributed by atoms with Gasteiger partial charge in [-0.2, -0.15) is 0 Å². The summed E-state index contributed by atoms with van der Waals surface area (Å²) in [6.45, 7) is 6.67. The summed E-state index contributed by atoms with van der Waals surface area (Å²) in [4.78, 5) is 27.7. The van der Waals surface area contributed by atoms with Crippen LogP contribution in [0.4, 0.5) is 15.1 Å². The van der Waals surface area contributed by atoms with E-state index in [-0.39, 0.29) is 16.9 Å². The number of carbonyl (C=O) groups excluding carboxylic acids is 2. The number of ether oxygens (including phenoxy) is 2. The van der Waals surface area contributed by atoms with Crippen LogP contribution in [0.25, 0.3) is 0 Å². The van der Waals surface area contributed by atoms with Gasteiger partial charge in [0.1, 0.15) is 22.3 Å². The number of thiophene rings is 1. The Bertz CT molecular complexity index is 1300. The highest BCUT2D eigenvalue weighted by Crippen LogP contribution is 2.45. The predicted octanol–water partition coefficient (Wildman–Crippen LogP) is 6.56. The molecule has 6 nitrogen and oxygen atoms in total. The van der Waals surface area contributed by atoms with Gasteiger partial charge in [0.25, 0.3) is 11.8 Å². The lowest BCUT2D eigenvalue weighted by Crippen LogP contribution is -2.27. The lowest BCUT2D eigenvalue weighted by atomic mass is 9.72. The second kappa shape index (κ2) is 10.3. The van der Waals surface area contributed by atoms with Crippen molar-refractivity contribution in [3.8, 4) is 11.5 Å². The van der Waals surface area contributed by atoms with Crippen molar-refractivity contribution in [2.45, 2.75) is 40.0 Å². The van der Waals surface area contributed by atoms with E-state index < -0.39 is 11.7 Å². The summed E-state index contributed by atoms with van der Waals surface area (Å²) in [5.41, 5.74) is 1.85. The average molecular weight is 511 g/mol. The van der Waals surface area contributed by atoms with Gasteiger partial charge in [0.2, 0.25) is 0 Å². The molecule has 0 saturated carbocycles. The van der Waals surface area contributed by atoms with Crippen molar-refractivity contribution in [1.82, 2.24) is 0 Å². The van der Waals surface area contributed by atoms with E-state index in [0.29, 0.717) is 33.7 Å². The molecule has 2 aromatic carbocycles. The Labute approximate surface area is 214 Å². The van der Waals surface area contributed by atoms with Crippen molar-refractivity contribution in [3.63, 3.8) is 0 Å². The van der Waals surface area contributed by atoms with Crippen molar-refractivity contribution in [3.05, 3.63) is 69.8 Å². The van der Waals surface area contributed by atoms with Gasteiger partial charge in [-0.3, -0.25) is 9.59 Å². The lowest BCUT2D eigenvalue weighted by molar-refractivity contribution is 0.102. The zero-order valence-corrected chi connectivity index (χ0v) is 22.0. The minimum absolute atomic E-state index is 0.0720. The van der Waals surface area contributed by atoms with E-state index in [2.05, 4.69) is 31.4 Å². The molecule has 0 saturated heterocycles. The summed E-state index contributed by atoms with van der Waals surface area (Å²) in [5.74, 6) is -0.0638. The van der Waals surface area contributed by atoms with Crippen molar-refractivity contribution < 1.29 is 23.5 Å². The molecule has 0 radical (unpaired) electrons. The van der Waals surface area contributed by atoms with Gasteiger partial charge in [0.05, 0.1) is 31.0 Å². The number of methoxy groups -OCH3 is 2. The highest BCUT2D eigenvalue weighted by molar-refractivity contribution is 7.17. The molecule has 1 heterocycles. The minimum Gasteiger partial charge on any atom is -0.497 e. The Morgan fingerprint density at radius 1 is 1.03 bits per heavy atom. The third kappa shape index (κ3) is 5.23. The zero-order chi connectivity index (χ0) is 26.0. The first-order chi connectivity index (χ1) is 17.1. The third-order valence-electron chi connectivity index (χ3n) is 6.72. The van der Waals surface area contributed by atoms with Gasteiger partial charge in [-0.15, -0.1) is 11.3 Å². The number of hydrogen-bond acceptors (Lipinski definition) is 5. The van der Waals surface area contributed by atoms with Crippen LogP contribution in [-0.4, -0.2) is 26.0 Å². The second-order valence-corrected chi connectivity index (χ2v) is 11.1. The van der Waals surface area contributed by atoms with Crippen LogP contribution in [0, 0.1) is 17.2 Å². The molecule has 8 heteroatoms. The average Bonchev–Trinajstić information content (AvgIpc) is 3.20. The van der Waals surface area contributed by atoms with Crippen molar-refractivity contribution in [1.29, 1.82) is 0 Å². The summed E-state index contributed by atoms with van der Waals surface area (Å²) < 4.78 is 25.0. The number of amides is 2. The summed E-state index contributed by atoms with van der Waals surface area (Å²) in [6.07, 6.45) is 2.49. The number of hydrogen-bond donors (Lipinski definition) is 2. The highest BCUT2D eigenvalue weighted by Gasteiger charge is 2.34. The van der Waals surface area contributed by atoms with Crippen molar-refractivity contribution in [2.24, 2.45) is 11.3 Å². The molecule has 1 aromatic heterocycles. The molecule has 2 N–H and O–H groups in total. The first kappa shape index (κ1) is 25.7. The van der Waals surface area contributed by atoms with Crippen LogP contribution in [0.3, 0.4) is 0 Å². The first-order valence-corrected chi connectivity index (χ1v) is 12.7. The topological polar surface area (TPSA) is 76.7 Å². The molecular weight excluding hydrogens is 479 g/mol. The van der Waals surface area contributed by atoms with Crippen LogP contribution in [0.2, 0.25) is 0 Å². The fourth-order valence-corrected chi connectivity index (χ4v) is 5.89. The molecule has 0 aliphatic heterocycles. The molecule has 3 aromatic rings. The monoisotopic (exact) mass is 510 g/mol. The molecule has 36 heavy (non-hydrogen) atoms. The Balaban J connectivity index is 1.73. The molecule has 1 atom stereocenters. The van der Waals surface area contributed by atoms with Crippen molar-refractivity contribution >= 4 is 33.8 Å². The quantitative estimate of drug-likeness (QED) is 0.394. The fourth-order valence-electron chi connectivity index (χ4n) is 4.57. The summed E-state index contributed by atoms with van der Waals surface area (Å²) in [5, 5.41) is 6.17. The minimum atomic E-state index is -0.615. The Morgan fingerprint density at radius 3 is 2.44 bits per heavy atom. The number of fused-ring (bicyclic) bond motifs is 1. The summed E-state index contributed by atoms with van der Waals surface area (Å²) >= 11 is 1.40. The van der Waals surface area contributed by atoms with E-state index in [0.717, 1.165) is 29.7 Å². The van der Waals surface area contributed by atoms with E-state index in [1.165, 1.54) is 36.6 Å². The second-order valence-electron chi connectivity index (χ2n) is 9.97. The van der Waals surface area contributed by atoms with E-state index in [4.69, 9.17) is 9.47 Å². The maximum Gasteiger partial charge on any atom is 0.259 e. The molecule has 4 rings (SSSR count). The van der Waals surface area contributed by atoms with E-state index in [9.17, 15) is 14.0 Å². The smallest absolute Gasteiger partial charge is 0.259 e. The zero-order valence-electron chi connectivity index (χ0n) is 21.2. The standard InChI is InChI=1S/C28H31FN2O4S/c1-28(2,3)16-10-12-19-23(14-16)36-27(31-25(32)18-8-6-7-9-20(18)29)24(19)26(33)30-21-15-17(34-4)11-13-22(21)35-5/h6-9,11,13,15-16H,10,12,14H2,1-5H3,(H,30,33)(H,31,32)/t16-/m1/s1. The normalized spacial score (nSPS) is 15.1. The molecule has 2 amide bonds. The van der Waals surface area contributed by atoms with Crippen LogP contribution in [0.5, 0.6) is 11.5 Å². The molecule has 1 aliphatic rings. The Hall–Kier alpha value is -3.39. The van der Waals surface area contributed by atoms with Gasteiger partial charge in [-0.05, 0) is 60.4 Å². The van der Waals surface area contributed by atoms with Crippen LogP contribution in [0.15, 0.2) is 42.5 Å². The van der Waals surface area contributed by atoms with Gasteiger partial charge in [-0.25, -0.2) is 4.39 Å². The van der Waals surface area contributed by atoms with Crippen LogP contribution in [0.1, 0.15) is 58.3 Å². The predicted molar refractivity (Wildman–Crippen MR) is 141 cm³/mol. The maximum absolute atomic E-state index is 14.3. The number of benzene rings is 2. The van der Waals surface area contributed by atoms with E-state index >= 15 is 0 Å². The maximum atomic E-state index is 14.3. The van der Waals surface area contributed by atoms with Crippen LogP contribution < -0.4 is 20.1 Å². The number of rotatable bonds is 6. The van der Waals surface area contributed by atoms with Gasteiger partial charge < -0.3 is 20.1 Å². The number of nitrogens with one attached hydrogen (secondary N) is 2. The number of anilines is 2. The number of halogens is 1. The summed E-state index contributed by atoms with van der Waals surface area (Å²) in [6, 6.07) is 10.9. The Morgan fingerprint density at radius 2 is 1.78 bits per heavy atom. The fraction of sp³-hybridized carbons (Fsp3) is 0.357. The van der Waals surface area contributed by atoms with Gasteiger partial charge in [-0.1, -0.05) is 32.9 Å². The highest BCUT2D eigenvalue weighted by atomic mass is 32.1. The molecular formula is C28H31FN2O4S. The van der Waals surface area contributed by atoms with Crippen LogP contribution >= 0.6 is 11.3 Å². The van der Waals surface area contributed by atoms with Gasteiger partial charge in [0, 0.05) is 10.9 Å². The summed E-state index contributed by atoms with van der Waals surface area (Å²) in [7, 11) is 3.07. The molecule has 190 valence electrons. The lowest BCUT2D eigenvalue weighted by Gasteiger charge is -2.33. The van der Waals surface area contributed by atoms with Crippen molar-refractivity contribution in [2.75, 3.05) is 24.9 Å². The van der Waals surface area contributed by atoms with Crippen LogP contribution in [-0.2, 0) is 12.8 Å². The first-order valence-electron chi connectivity index (χ1n) is 11.9. The van der Waals surface area contributed by atoms with E-state index in [1.54, 1.807) is 31.4 Å². The Kier molecular flexibility index (Phi) is 7.36. The van der Waals surface area contributed by atoms with Gasteiger partial charge in [0.15, 0.2) is 0 Å². The molecule has 1 aliphatic carbocycles. The third-order valence-corrected chi connectivity index (χ3v) is 7.89. The molecule has 0 fully saturated rings. The molecule has 0 unspecified atom stereocenters. The largest absolute Gasteiger partial charge is 0.497 e. The molecule has 0 bridgehead atoms.